The topological polar surface area (TPSA) is 29.1 Å². The molecule has 1 aromatic rings. The first-order chi connectivity index (χ1) is 7.79. The molecule has 0 bridgehead atoms. The van der Waals surface area contributed by atoms with Crippen LogP contribution in [0.15, 0.2) is 36.9 Å². The Morgan fingerprint density at radius 3 is 2.94 bits per heavy atom. The predicted molar refractivity (Wildman–Crippen MR) is 70.8 cm³/mol. The predicted octanol–water partition coefficient (Wildman–Crippen LogP) is 2.86. The number of benzene rings is 1. The van der Waals surface area contributed by atoms with E-state index in [1.54, 1.807) is 6.08 Å². The minimum Gasteiger partial charge on any atom is -0.349 e. The van der Waals surface area contributed by atoms with Crippen LogP contribution in [0.3, 0.4) is 0 Å². The largest absolute Gasteiger partial charge is 0.349 e. The van der Waals surface area contributed by atoms with Gasteiger partial charge in [-0.05, 0) is 17.4 Å². The molecule has 0 fully saturated rings. The number of hydrogen-bond acceptors (Lipinski definition) is 2. The Bertz CT molecular complexity index is 363. The van der Waals surface area contributed by atoms with Crippen LogP contribution in [0.5, 0.6) is 0 Å². The fourth-order valence-electron chi connectivity index (χ4n) is 1.34. The lowest BCUT2D eigenvalue weighted by molar-refractivity contribution is 0.0957. The number of rotatable bonds is 6. The minimum absolute atomic E-state index is 0.0211. The fraction of sp³-hybridized carbons (Fsp3) is 0.308. The first-order valence-corrected chi connectivity index (χ1v) is 6.49. The lowest BCUT2D eigenvalue weighted by atomic mass is 10.1. The van der Waals surface area contributed by atoms with Gasteiger partial charge in [0.1, 0.15) is 0 Å². The van der Waals surface area contributed by atoms with E-state index in [2.05, 4.69) is 18.8 Å². The van der Waals surface area contributed by atoms with Crippen molar-refractivity contribution < 1.29 is 4.79 Å². The van der Waals surface area contributed by atoms with Gasteiger partial charge in [-0.3, -0.25) is 4.79 Å². The molecule has 0 unspecified atom stereocenters. The smallest absolute Gasteiger partial charge is 0.251 e. The Labute approximate surface area is 101 Å². The third-order valence-electron chi connectivity index (χ3n) is 2.13. The summed E-state index contributed by atoms with van der Waals surface area (Å²) >= 11 is 1.82. The summed E-state index contributed by atoms with van der Waals surface area (Å²) in [5.74, 6) is 1.92. The lowest BCUT2D eigenvalue weighted by Crippen LogP contribution is -2.24. The van der Waals surface area contributed by atoms with Crippen LogP contribution in [0.2, 0.25) is 0 Å². The molecule has 1 aromatic carbocycles. The van der Waals surface area contributed by atoms with E-state index in [0.717, 1.165) is 22.6 Å². The van der Waals surface area contributed by atoms with Crippen molar-refractivity contribution in [1.82, 2.24) is 5.32 Å². The van der Waals surface area contributed by atoms with E-state index in [1.165, 1.54) is 0 Å². The molecule has 1 amide bonds. The summed E-state index contributed by atoms with van der Waals surface area (Å²) in [7, 11) is 0. The van der Waals surface area contributed by atoms with Crippen LogP contribution < -0.4 is 5.32 Å². The quantitative estimate of drug-likeness (QED) is 0.768. The van der Waals surface area contributed by atoms with Gasteiger partial charge in [0.15, 0.2) is 0 Å². The molecular formula is C13H17NOS. The van der Waals surface area contributed by atoms with Crippen LogP contribution >= 0.6 is 11.8 Å². The highest BCUT2D eigenvalue weighted by Gasteiger charge is 2.09. The maximum atomic E-state index is 11.8. The molecule has 0 aliphatic carbocycles. The summed E-state index contributed by atoms with van der Waals surface area (Å²) < 4.78 is 0. The van der Waals surface area contributed by atoms with E-state index < -0.39 is 0 Å². The molecule has 1 rings (SSSR count). The number of thioether (sulfide) groups is 1. The fourth-order valence-corrected chi connectivity index (χ4v) is 2.02. The molecule has 0 saturated heterocycles. The zero-order valence-electron chi connectivity index (χ0n) is 9.53. The average molecular weight is 235 g/mol. The van der Waals surface area contributed by atoms with E-state index in [9.17, 15) is 4.79 Å². The SMILES string of the molecule is C=CCNC(=O)c1ccccc1CSCC. The highest BCUT2D eigenvalue weighted by molar-refractivity contribution is 7.98. The molecule has 2 nitrogen and oxygen atoms in total. The maximum Gasteiger partial charge on any atom is 0.251 e. The number of nitrogens with one attached hydrogen (secondary N) is 1. The van der Waals surface area contributed by atoms with Gasteiger partial charge in [-0.1, -0.05) is 31.2 Å². The van der Waals surface area contributed by atoms with Gasteiger partial charge in [-0.15, -0.1) is 6.58 Å². The second-order valence-electron chi connectivity index (χ2n) is 3.29. The average Bonchev–Trinajstić information content (AvgIpc) is 2.33. The molecule has 0 aliphatic rings. The van der Waals surface area contributed by atoms with Crippen molar-refractivity contribution in [2.45, 2.75) is 12.7 Å². The van der Waals surface area contributed by atoms with Crippen molar-refractivity contribution in [2.24, 2.45) is 0 Å². The highest BCUT2D eigenvalue weighted by atomic mass is 32.2. The van der Waals surface area contributed by atoms with Gasteiger partial charge < -0.3 is 5.32 Å². The Morgan fingerprint density at radius 1 is 1.50 bits per heavy atom. The molecule has 0 aliphatic heterocycles. The molecule has 3 heteroatoms. The van der Waals surface area contributed by atoms with Crippen LogP contribution in [-0.2, 0) is 5.75 Å². The van der Waals surface area contributed by atoms with Crippen LogP contribution in [-0.4, -0.2) is 18.2 Å². The summed E-state index contributed by atoms with van der Waals surface area (Å²) in [6.45, 7) is 6.20. The van der Waals surface area contributed by atoms with E-state index in [0.29, 0.717) is 6.54 Å². The molecule has 0 aromatic heterocycles. The lowest BCUT2D eigenvalue weighted by Gasteiger charge is -2.08. The second-order valence-corrected chi connectivity index (χ2v) is 4.57. The molecule has 1 N–H and O–H groups in total. The van der Waals surface area contributed by atoms with Gasteiger partial charge in [0.25, 0.3) is 5.91 Å². The van der Waals surface area contributed by atoms with Crippen molar-refractivity contribution in [3.8, 4) is 0 Å². The van der Waals surface area contributed by atoms with Crippen molar-refractivity contribution in [1.29, 1.82) is 0 Å². The summed E-state index contributed by atoms with van der Waals surface area (Å²) in [5.41, 5.74) is 1.86. The molecule has 86 valence electrons. The molecular weight excluding hydrogens is 218 g/mol. The van der Waals surface area contributed by atoms with Crippen LogP contribution in [0.4, 0.5) is 0 Å². The van der Waals surface area contributed by atoms with Crippen LogP contribution in [0.1, 0.15) is 22.8 Å². The van der Waals surface area contributed by atoms with E-state index >= 15 is 0 Å². The Hall–Kier alpha value is -1.22. The van der Waals surface area contributed by atoms with E-state index in [-0.39, 0.29) is 5.91 Å². The van der Waals surface area contributed by atoms with E-state index in [1.807, 2.05) is 36.0 Å². The number of hydrogen-bond donors (Lipinski definition) is 1. The van der Waals surface area contributed by atoms with Gasteiger partial charge >= 0.3 is 0 Å². The molecule has 0 atom stereocenters. The summed E-state index contributed by atoms with van der Waals surface area (Å²) in [4.78, 5) is 11.8. The zero-order valence-corrected chi connectivity index (χ0v) is 10.3. The normalized spacial score (nSPS) is 9.81. The van der Waals surface area contributed by atoms with Gasteiger partial charge in [0.2, 0.25) is 0 Å². The van der Waals surface area contributed by atoms with Crippen molar-refractivity contribution >= 4 is 17.7 Å². The number of amides is 1. The van der Waals surface area contributed by atoms with Crippen LogP contribution in [0, 0.1) is 0 Å². The summed E-state index contributed by atoms with van der Waals surface area (Å²) in [5, 5.41) is 2.80. The third-order valence-corrected chi connectivity index (χ3v) is 3.05. The standard InChI is InChI=1S/C13H17NOS/c1-3-9-14-13(15)12-8-6-5-7-11(12)10-16-4-2/h3,5-8H,1,4,9-10H2,2H3,(H,14,15). The van der Waals surface area contributed by atoms with Crippen molar-refractivity contribution in [3.05, 3.63) is 48.0 Å². The molecule has 16 heavy (non-hydrogen) atoms. The monoisotopic (exact) mass is 235 g/mol. The van der Waals surface area contributed by atoms with E-state index in [4.69, 9.17) is 0 Å². The Balaban J connectivity index is 2.76. The molecule has 0 spiro atoms. The number of carbonyl (C=O) groups is 1. The highest BCUT2D eigenvalue weighted by Crippen LogP contribution is 2.16. The molecule has 0 radical (unpaired) electrons. The molecule has 0 heterocycles. The first kappa shape index (κ1) is 12.8. The van der Waals surface area contributed by atoms with Crippen molar-refractivity contribution in [2.75, 3.05) is 12.3 Å². The third kappa shape index (κ3) is 3.74. The molecule has 0 saturated carbocycles. The van der Waals surface area contributed by atoms with Gasteiger partial charge in [-0.2, -0.15) is 11.8 Å². The summed E-state index contributed by atoms with van der Waals surface area (Å²) in [6.07, 6.45) is 1.68. The van der Waals surface area contributed by atoms with Gasteiger partial charge in [-0.25, -0.2) is 0 Å². The Morgan fingerprint density at radius 2 is 2.25 bits per heavy atom. The first-order valence-electron chi connectivity index (χ1n) is 5.34. The van der Waals surface area contributed by atoms with Gasteiger partial charge in [0, 0.05) is 17.9 Å². The second kappa shape index (κ2) is 7.12. The zero-order chi connectivity index (χ0) is 11.8. The van der Waals surface area contributed by atoms with Crippen LogP contribution in [0.25, 0.3) is 0 Å². The minimum atomic E-state index is -0.0211. The van der Waals surface area contributed by atoms with Crippen molar-refractivity contribution in [3.63, 3.8) is 0 Å². The number of carbonyl (C=O) groups excluding carboxylic acids is 1. The maximum absolute atomic E-state index is 11.8. The van der Waals surface area contributed by atoms with Gasteiger partial charge in [0.05, 0.1) is 0 Å². The Kier molecular flexibility index (Phi) is 5.72. The summed E-state index contributed by atoms with van der Waals surface area (Å²) in [6, 6.07) is 7.73.